The van der Waals surface area contributed by atoms with Crippen LogP contribution in [-0.4, -0.2) is 11.1 Å². The number of unbranched alkanes of at least 4 members (excludes halogenated alkanes) is 1. The van der Waals surface area contributed by atoms with Crippen molar-refractivity contribution in [2.24, 2.45) is 22.8 Å². The molecular weight excluding hydrogens is 204 g/mol. The zero-order valence-corrected chi connectivity index (χ0v) is 11.1. The second-order valence-electron chi connectivity index (χ2n) is 4.76. The van der Waals surface area contributed by atoms with E-state index in [-0.39, 0.29) is 0 Å². The van der Waals surface area contributed by atoms with Gasteiger partial charge >= 0.3 is 6.03 Å². The molecule has 0 saturated heterocycles. The van der Waals surface area contributed by atoms with Crippen molar-refractivity contribution >= 4 is 6.03 Å². The second-order valence-corrected chi connectivity index (χ2v) is 4.76. The predicted octanol–water partition coefficient (Wildman–Crippen LogP) is 2.12. The lowest BCUT2D eigenvalue weighted by atomic mass is 9.83. The zero-order valence-electron chi connectivity index (χ0n) is 11.1. The Bertz CT molecular complexity index is 181. The van der Waals surface area contributed by atoms with Crippen molar-refractivity contribution in [3.8, 4) is 0 Å². The maximum Gasteiger partial charge on any atom is 0.343 e. The Kier molecular flexibility index (Phi) is 10.3. The van der Waals surface area contributed by atoms with Gasteiger partial charge in [0.25, 0.3) is 0 Å². The van der Waals surface area contributed by atoms with Crippen LogP contribution in [0.25, 0.3) is 0 Å². The summed E-state index contributed by atoms with van der Waals surface area (Å²) in [4.78, 5) is 9.60. The summed E-state index contributed by atoms with van der Waals surface area (Å²) in [5.41, 5.74) is 5.07. The largest absolute Gasteiger partial charge is 0.349 e. The molecule has 16 heavy (non-hydrogen) atoms. The molecule has 5 nitrogen and oxygen atoms in total. The van der Waals surface area contributed by atoms with Gasteiger partial charge in [-0.05, 0) is 18.3 Å². The number of hydrogen-bond donors (Lipinski definition) is 3. The predicted molar refractivity (Wildman–Crippen MR) is 68.0 cm³/mol. The first kappa shape index (κ1) is 17.6. The Balaban J connectivity index is 0. The summed E-state index contributed by atoms with van der Waals surface area (Å²) in [5, 5.41) is 0.306. The summed E-state index contributed by atoms with van der Waals surface area (Å²) in [6.07, 6.45) is 6.85. The van der Waals surface area contributed by atoms with Gasteiger partial charge in [0.05, 0.1) is 0 Å². The van der Waals surface area contributed by atoms with Gasteiger partial charge in [0.2, 0.25) is 0 Å². The average Bonchev–Trinajstić information content (AvgIpc) is 2.15. The third-order valence-electron chi connectivity index (χ3n) is 2.39. The number of rotatable bonds is 5. The number of carbonyl (C=O) groups excluding carboxylic acids is 1. The van der Waals surface area contributed by atoms with Crippen LogP contribution in [0.1, 0.15) is 59.8 Å². The minimum Gasteiger partial charge on any atom is -0.349 e. The second kappa shape index (κ2) is 9.42. The Labute approximate surface area is 99.3 Å². The van der Waals surface area contributed by atoms with Gasteiger partial charge in [-0.1, -0.05) is 47.0 Å². The Morgan fingerprint density at radius 2 is 1.56 bits per heavy atom. The van der Waals surface area contributed by atoms with E-state index in [2.05, 4.69) is 45.1 Å². The molecule has 0 spiro atoms. The van der Waals surface area contributed by atoms with Gasteiger partial charge in [-0.2, -0.15) is 5.12 Å². The van der Waals surface area contributed by atoms with Crippen LogP contribution in [0.3, 0.4) is 0 Å². The summed E-state index contributed by atoms with van der Waals surface area (Å²) in [7, 11) is 0. The van der Waals surface area contributed by atoms with Gasteiger partial charge in [-0.25, -0.2) is 16.5 Å². The highest BCUT2D eigenvalue weighted by Gasteiger charge is 2.14. The number of primary amides is 1. The molecule has 0 aliphatic carbocycles. The molecular formula is C11H28N4O. The van der Waals surface area contributed by atoms with E-state index in [0.29, 0.717) is 10.5 Å². The minimum atomic E-state index is -0.852. The zero-order chi connectivity index (χ0) is 13.2. The van der Waals surface area contributed by atoms with Gasteiger partial charge < -0.3 is 5.73 Å². The molecule has 0 aromatic heterocycles. The lowest BCUT2D eigenvalue weighted by molar-refractivity contribution is 0.210. The van der Waals surface area contributed by atoms with Crippen molar-refractivity contribution < 1.29 is 4.79 Å². The maximum absolute atomic E-state index is 9.60. The molecule has 0 unspecified atom stereocenters. The number of carbonyl (C=O) groups is 1. The third kappa shape index (κ3) is 13.2. The van der Waals surface area contributed by atoms with E-state index in [0.717, 1.165) is 0 Å². The first-order chi connectivity index (χ1) is 7.26. The maximum atomic E-state index is 9.60. The van der Waals surface area contributed by atoms with E-state index in [1.54, 1.807) is 0 Å². The lowest BCUT2D eigenvalue weighted by Gasteiger charge is -2.23. The number of hydrogen-bond acceptors (Lipinski definition) is 3. The molecule has 0 saturated carbocycles. The fourth-order valence-electron chi connectivity index (χ4n) is 1.46. The molecule has 5 heteroatoms. The first-order valence-corrected chi connectivity index (χ1v) is 5.85. The van der Waals surface area contributed by atoms with Gasteiger partial charge in [-0.15, -0.1) is 0 Å². The number of amides is 2. The van der Waals surface area contributed by atoms with E-state index in [9.17, 15) is 4.79 Å². The van der Waals surface area contributed by atoms with Gasteiger partial charge in [0, 0.05) is 0 Å². The highest BCUT2D eigenvalue weighted by Crippen LogP contribution is 2.28. The molecule has 0 aromatic rings. The van der Waals surface area contributed by atoms with E-state index in [1.807, 2.05) is 0 Å². The number of nitrogens with two attached hydrogens (primary N) is 3. The van der Waals surface area contributed by atoms with Crippen LogP contribution in [0.15, 0.2) is 0 Å². The van der Waals surface area contributed by atoms with E-state index >= 15 is 0 Å². The summed E-state index contributed by atoms with van der Waals surface area (Å²) >= 11 is 0. The summed E-state index contributed by atoms with van der Waals surface area (Å²) < 4.78 is 0. The van der Waals surface area contributed by atoms with Crippen molar-refractivity contribution in [3.63, 3.8) is 0 Å². The molecule has 0 heterocycles. The molecule has 0 aliphatic heterocycles. The molecule has 0 aliphatic rings. The summed E-state index contributed by atoms with van der Waals surface area (Å²) in [6, 6.07) is -0.852. The molecule has 0 radical (unpaired) electrons. The summed E-state index contributed by atoms with van der Waals surface area (Å²) in [6.45, 7) is 9.30. The normalized spacial score (nSPS) is 10.4. The first-order valence-electron chi connectivity index (χ1n) is 5.85. The summed E-state index contributed by atoms with van der Waals surface area (Å²) in [5.74, 6) is 9.14. The van der Waals surface area contributed by atoms with Crippen LogP contribution in [0.2, 0.25) is 0 Å². The average molecular weight is 232 g/mol. The van der Waals surface area contributed by atoms with Crippen molar-refractivity contribution in [2.75, 3.05) is 0 Å². The molecule has 6 N–H and O–H groups in total. The molecule has 98 valence electrons. The van der Waals surface area contributed by atoms with Crippen molar-refractivity contribution in [2.45, 2.75) is 59.8 Å². The molecule has 0 fully saturated rings. The van der Waals surface area contributed by atoms with Crippen molar-refractivity contribution in [1.29, 1.82) is 0 Å². The van der Waals surface area contributed by atoms with E-state index in [1.165, 1.54) is 32.1 Å². The van der Waals surface area contributed by atoms with Crippen molar-refractivity contribution in [3.05, 3.63) is 0 Å². The van der Waals surface area contributed by atoms with Gasteiger partial charge in [0.15, 0.2) is 0 Å². The number of urea groups is 1. The van der Waals surface area contributed by atoms with Gasteiger partial charge in [-0.3, -0.25) is 0 Å². The Morgan fingerprint density at radius 3 is 1.81 bits per heavy atom. The standard InChI is InChI=1S/C10H22.CH6N4O/c1-5-7-9-10(3,4)8-6-2;2-1(6)5(3)4/h5-9H2,1-4H3;3-4H2,(H2,2,6). The van der Waals surface area contributed by atoms with E-state index < -0.39 is 6.03 Å². The monoisotopic (exact) mass is 232 g/mol. The fraction of sp³-hybridized carbons (Fsp3) is 0.909. The van der Waals surface area contributed by atoms with Crippen LogP contribution < -0.4 is 17.4 Å². The fourth-order valence-corrected chi connectivity index (χ4v) is 1.46. The van der Waals surface area contributed by atoms with Crippen LogP contribution in [0.5, 0.6) is 0 Å². The lowest BCUT2D eigenvalue weighted by Crippen LogP contribution is -2.46. The van der Waals surface area contributed by atoms with Crippen LogP contribution >= 0.6 is 0 Å². The van der Waals surface area contributed by atoms with Crippen molar-refractivity contribution in [1.82, 2.24) is 5.12 Å². The quantitative estimate of drug-likeness (QED) is 0.384. The molecule has 2 amide bonds. The third-order valence-corrected chi connectivity index (χ3v) is 2.39. The van der Waals surface area contributed by atoms with Crippen LogP contribution in [-0.2, 0) is 0 Å². The van der Waals surface area contributed by atoms with E-state index in [4.69, 9.17) is 0 Å². The smallest absolute Gasteiger partial charge is 0.343 e. The topological polar surface area (TPSA) is 98.4 Å². The molecule has 0 rings (SSSR count). The molecule has 0 aromatic carbocycles. The van der Waals surface area contributed by atoms with Crippen LogP contribution in [0, 0.1) is 5.41 Å². The van der Waals surface area contributed by atoms with Crippen LogP contribution in [0.4, 0.5) is 4.79 Å². The van der Waals surface area contributed by atoms with Gasteiger partial charge in [0.1, 0.15) is 0 Å². The highest BCUT2D eigenvalue weighted by molar-refractivity contribution is 5.70. The Hall–Kier alpha value is -0.810. The SMILES string of the molecule is CCCCC(C)(C)CCC.NC(=O)N(N)N. The minimum absolute atomic E-state index is 0.306. The molecule has 0 bridgehead atoms. The molecule has 0 atom stereocenters. The number of nitrogens with zero attached hydrogens (tertiary/aromatic N) is 1. The number of hydrazine groups is 2. The Morgan fingerprint density at radius 1 is 1.12 bits per heavy atom. The highest BCUT2D eigenvalue weighted by atomic mass is 16.2.